The number of carbonyl (C=O) groups is 1. The smallest absolute Gasteiger partial charge is 0.296 e. The van der Waals surface area contributed by atoms with Crippen molar-refractivity contribution in [3.05, 3.63) is 35.4 Å². The molecule has 0 aliphatic carbocycles. The first-order valence-electron chi connectivity index (χ1n) is 11.4. The van der Waals surface area contributed by atoms with E-state index in [1.807, 2.05) is 36.9 Å². The Morgan fingerprint density at radius 2 is 1.94 bits per heavy atom. The first-order valence-corrected chi connectivity index (χ1v) is 11.8. The van der Waals surface area contributed by atoms with E-state index in [2.05, 4.69) is 27.0 Å². The predicted octanol–water partition coefficient (Wildman–Crippen LogP) is 3.75. The number of benzene rings is 1. The van der Waals surface area contributed by atoms with E-state index in [0.717, 1.165) is 49.5 Å². The van der Waals surface area contributed by atoms with Gasteiger partial charge in [-0.25, -0.2) is 4.98 Å². The number of imidazole rings is 1. The molecule has 0 bridgehead atoms. The topological polar surface area (TPSA) is 83.6 Å². The number of amides is 1. The van der Waals surface area contributed by atoms with Crippen LogP contribution in [0.1, 0.15) is 20.3 Å². The van der Waals surface area contributed by atoms with Crippen LogP contribution in [-0.2, 0) is 9.53 Å². The number of halogens is 1. The molecule has 174 valence electrons. The van der Waals surface area contributed by atoms with Crippen molar-refractivity contribution in [2.24, 2.45) is 5.92 Å². The Morgan fingerprint density at radius 1 is 1.18 bits per heavy atom. The lowest BCUT2D eigenvalue weighted by Gasteiger charge is -2.28. The third-order valence-electron chi connectivity index (χ3n) is 6.15. The number of anilines is 1. The minimum Gasteiger partial charge on any atom is -0.459 e. The fraction of sp³-hybridized carbons (Fsp3) is 0.458. The van der Waals surface area contributed by atoms with E-state index < -0.39 is 0 Å². The summed E-state index contributed by atoms with van der Waals surface area (Å²) in [6.45, 7) is 8.40. The molecule has 4 heterocycles. The van der Waals surface area contributed by atoms with Gasteiger partial charge in [0.25, 0.3) is 6.01 Å². The van der Waals surface area contributed by atoms with Crippen LogP contribution < -0.4 is 9.64 Å². The van der Waals surface area contributed by atoms with E-state index in [-0.39, 0.29) is 17.9 Å². The lowest BCUT2D eigenvalue weighted by molar-refractivity contribution is -0.133. The Hall–Kier alpha value is -2.84. The molecule has 1 atom stereocenters. The second-order valence-corrected chi connectivity index (χ2v) is 9.25. The Balaban J connectivity index is 1.32. The first-order chi connectivity index (χ1) is 16.0. The highest BCUT2D eigenvalue weighted by Gasteiger charge is 2.29. The van der Waals surface area contributed by atoms with Crippen LogP contribution in [0.4, 0.5) is 5.69 Å². The van der Waals surface area contributed by atoms with Crippen molar-refractivity contribution in [1.29, 1.82) is 0 Å². The van der Waals surface area contributed by atoms with E-state index in [9.17, 15) is 4.79 Å². The van der Waals surface area contributed by atoms with Gasteiger partial charge >= 0.3 is 0 Å². The lowest BCUT2D eigenvalue weighted by atomic mass is 10.1. The van der Waals surface area contributed by atoms with Crippen LogP contribution >= 0.6 is 11.6 Å². The normalized spacial score (nSPS) is 19.0. The molecule has 0 spiro atoms. The monoisotopic (exact) mass is 469 g/mol. The van der Waals surface area contributed by atoms with Crippen LogP contribution in [0.25, 0.3) is 22.4 Å². The molecule has 2 aromatic heterocycles. The van der Waals surface area contributed by atoms with Gasteiger partial charge in [-0.05, 0) is 18.2 Å². The average Bonchev–Trinajstić information content (AvgIpc) is 3.45. The highest BCUT2D eigenvalue weighted by atomic mass is 35.5. The molecular formula is C24H28ClN5O3. The van der Waals surface area contributed by atoms with Crippen LogP contribution in [-0.4, -0.2) is 71.3 Å². The number of hydrogen-bond donors (Lipinski definition) is 1. The number of nitrogens with zero attached hydrogens (tertiary/aromatic N) is 4. The van der Waals surface area contributed by atoms with E-state index in [0.29, 0.717) is 35.5 Å². The molecule has 2 aliphatic rings. The SMILES string of the molecule is CC(C)C(=O)N1CCC(Oc2nc3nc(-c4ccc(N5CCOCC5)cc4)c(Cl)cc3[nH]2)C1. The van der Waals surface area contributed by atoms with E-state index >= 15 is 0 Å². The van der Waals surface area contributed by atoms with E-state index in [4.69, 9.17) is 26.1 Å². The number of likely N-dealkylation sites (tertiary alicyclic amines) is 1. The fourth-order valence-corrected chi connectivity index (χ4v) is 4.61. The summed E-state index contributed by atoms with van der Waals surface area (Å²) in [6, 6.07) is 10.5. The molecular weight excluding hydrogens is 442 g/mol. The van der Waals surface area contributed by atoms with Crippen LogP contribution in [0.3, 0.4) is 0 Å². The number of hydrogen-bond acceptors (Lipinski definition) is 6. The number of H-pyrrole nitrogens is 1. The number of ether oxygens (including phenoxy) is 2. The van der Waals surface area contributed by atoms with Gasteiger partial charge in [0.2, 0.25) is 5.91 Å². The molecule has 2 saturated heterocycles. The fourth-order valence-electron chi connectivity index (χ4n) is 4.35. The van der Waals surface area contributed by atoms with Gasteiger partial charge in [0.15, 0.2) is 5.65 Å². The Kier molecular flexibility index (Phi) is 6.12. The van der Waals surface area contributed by atoms with Gasteiger partial charge < -0.3 is 24.3 Å². The summed E-state index contributed by atoms with van der Waals surface area (Å²) >= 11 is 6.57. The third-order valence-corrected chi connectivity index (χ3v) is 6.44. The second-order valence-electron chi connectivity index (χ2n) is 8.85. The van der Waals surface area contributed by atoms with Crippen molar-refractivity contribution < 1.29 is 14.3 Å². The standard InChI is InChI=1S/C24H28ClN5O3/c1-15(2)23(31)30-8-7-18(14-30)33-24-26-20-13-19(25)21(27-22(20)28-24)16-3-5-17(6-4-16)29-9-11-32-12-10-29/h3-6,13,15,18H,7-12,14H2,1-2H3,(H,26,27,28). The Labute approximate surface area is 197 Å². The van der Waals surface area contributed by atoms with Gasteiger partial charge in [-0.3, -0.25) is 4.79 Å². The summed E-state index contributed by atoms with van der Waals surface area (Å²) in [6.07, 6.45) is 0.695. The maximum absolute atomic E-state index is 12.2. The lowest BCUT2D eigenvalue weighted by Crippen LogP contribution is -2.36. The molecule has 5 rings (SSSR count). The molecule has 0 saturated carbocycles. The highest BCUT2D eigenvalue weighted by molar-refractivity contribution is 6.33. The zero-order valence-corrected chi connectivity index (χ0v) is 19.6. The van der Waals surface area contributed by atoms with Crippen molar-refractivity contribution >= 4 is 34.4 Å². The van der Waals surface area contributed by atoms with Gasteiger partial charge in [-0.15, -0.1) is 0 Å². The zero-order valence-electron chi connectivity index (χ0n) is 18.9. The van der Waals surface area contributed by atoms with Crippen LogP contribution in [0.5, 0.6) is 6.01 Å². The summed E-state index contributed by atoms with van der Waals surface area (Å²) in [5.41, 5.74) is 4.05. The van der Waals surface area contributed by atoms with Crippen LogP contribution in [0, 0.1) is 5.92 Å². The van der Waals surface area contributed by atoms with Crippen LogP contribution in [0.2, 0.25) is 5.02 Å². The van der Waals surface area contributed by atoms with E-state index in [1.54, 1.807) is 0 Å². The quantitative estimate of drug-likeness (QED) is 0.612. The van der Waals surface area contributed by atoms with Crippen molar-refractivity contribution in [2.75, 3.05) is 44.3 Å². The molecule has 3 aromatic rings. The second kappa shape index (κ2) is 9.19. The molecule has 8 nitrogen and oxygen atoms in total. The summed E-state index contributed by atoms with van der Waals surface area (Å²) in [5, 5.41) is 0.548. The largest absolute Gasteiger partial charge is 0.459 e. The van der Waals surface area contributed by atoms with Gasteiger partial charge in [0.1, 0.15) is 6.10 Å². The molecule has 1 unspecified atom stereocenters. The minimum atomic E-state index is -0.0871. The molecule has 1 N–H and O–H groups in total. The first kappa shape index (κ1) is 22.0. The maximum atomic E-state index is 12.2. The van der Waals surface area contributed by atoms with Gasteiger partial charge in [-0.1, -0.05) is 37.6 Å². The highest BCUT2D eigenvalue weighted by Crippen LogP contribution is 2.31. The number of pyridine rings is 1. The molecule has 0 radical (unpaired) electrons. The number of carbonyl (C=O) groups excluding carboxylic acids is 1. The molecule has 9 heteroatoms. The van der Waals surface area contributed by atoms with Gasteiger partial charge in [0.05, 0.1) is 36.0 Å². The van der Waals surface area contributed by atoms with Gasteiger partial charge in [-0.2, -0.15) is 4.98 Å². The molecule has 2 aliphatic heterocycles. The number of aromatic nitrogens is 3. The third kappa shape index (κ3) is 4.63. The predicted molar refractivity (Wildman–Crippen MR) is 128 cm³/mol. The van der Waals surface area contributed by atoms with Crippen molar-refractivity contribution in [3.8, 4) is 17.3 Å². The Morgan fingerprint density at radius 3 is 2.67 bits per heavy atom. The average molecular weight is 470 g/mol. The zero-order chi connectivity index (χ0) is 22.9. The number of aromatic amines is 1. The minimum absolute atomic E-state index is 0.0114. The summed E-state index contributed by atoms with van der Waals surface area (Å²) < 4.78 is 11.5. The molecule has 2 fully saturated rings. The van der Waals surface area contributed by atoms with Crippen molar-refractivity contribution in [2.45, 2.75) is 26.4 Å². The van der Waals surface area contributed by atoms with E-state index in [1.165, 1.54) is 0 Å². The maximum Gasteiger partial charge on any atom is 0.296 e. The Bertz CT molecular complexity index is 1140. The molecule has 33 heavy (non-hydrogen) atoms. The summed E-state index contributed by atoms with van der Waals surface area (Å²) in [4.78, 5) is 28.8. The summed E-state index contributed by atoms with van der Waals surface area (Å²) in [5.74, 6) is 0.145. The number of morpholine rings is 1. The molecule has 1 amide bonds. The number of nitrogens with one attached hydrogen (secondary N) is 1. The summed E-state index contributed by atoms with van der Waals surface area (Å²) in [7, 11) is 0. The van der Waals surface area contributed by atoms with Gasteiger partial charge in [0, 0.05) is 43.2 Å². The number of fused-ring (bicyclic) bond motifs is 1. The van der Waals surface area contributed by atoms with Crippen molar-refractivity contribution in [1.82, 2.24) is 19.9 Å². The van der Waals surface area contributed by atoms with Crippen LogP contribution in [0.15, 0.2) is 30.3 Å². The molecule has 1 aromatic carbocycles. The van der Waals surface area contributed by atoms with Crippen molar-refractivity contribution in [3.63, 3.8) is 0 Å². The number of rotatable bonds is 5.